The summed E-state index contributed by atoms with van der Waals surface area (Å²) in [5, 5.41) is 2.88. The van der Waals surface area contributed by atoms with E-state index >= 15 is 0 Å². The Hall–Kier alpha value is -2.42. The molecule has 0 atom stereocenters. The first kappa shape index (κ1) is 21.3. The van der Waals surface area contributed by atoms with Crippen LogP contribution >= 0.6 is 0 Å². The Kier molecular flexibility index (Phi) is 6.56. The van der Waals surface area contributed by atoms with Crippen LogP contribution in [0.25, 0.3) is 0 Å². The Balaban J connectivity index is 1.74. The van der Waals surface area contributed by atoms with Crippen molar-refractivity contribution >= 4 is 21.6 Å². The van der Waals surface area contributed by atoms with Gasteiger partial charge in [-0.1, -0.05) is 18.2 Å². The van der Waals surface area contributed by atoms with Crippen LogP contribution in [-0.4, -0.2) is 59.0 Å². The van der Waals surface area contributed by atoms with Gasteiger partial charge in [-0.25, -0.2) is 8.42 Å². The first-order valence-electron chi connectivity index (χ1n) is 9.52. The summed E-state index contributed by atoms with van der Waals surface area (Å²) < 4.78 is 32.4. The minimum absolute atomic E-state index is 0.130. The van der Waals surface area contributed by atoms with Crippen molar-refractivity contribution in [2.45, 2.75) is 18.4 Å². The summed E-state index contributed by atoms with van der Waals surface area (Å²) in [6.07, 6.45) is 0. The number of hydrogen-bond acceptors (Lipinski definition) is 5. The zero-order valence-electron chi connectivity index (χ0n) is 17.0. The monoisotopic (exact) mass is 417 g/mol. The van der Waals surface area contributed by atoms with Gasteiger partial charge in [0, 0.05) is 45.0 Å². The van der Waals surface area contributed by atoms with Crippen molar-refractivity contribution in [3.05, 3.63) is 59.2 Å². The Labute approximate surface area is 172 Å². The SMILES string of the molecule is Cc1ccc(S(=O)(=O)N2CCOCC2)cc1C(=O)NCc1ccc(N(C)C)cc1. The molecule has 0 aromatic heterocycles. The van der Waals surface area contributed by atoms with Gasteiger partial charge in [0.2, 0.25) is 10.0 Å². The number of aryl methyl sites for hydroxylation is 1. The van der Waals surface area contributed by atoms with Crippen LogP contribution in [0.2, 0.25) is 0 Å². The Bertz CT molecular complexity index is 966. The van der Waals surface area contributed by atoms with Crippen LogP contribution in [0.1, 0.15) is 21.5 Å². The molecule has 2 aromatic carbocycles. The first-order chi connectivity index (χ1) is 13.8. The summed E-state index contributed by atoms with van der Waals surface area (Å²) in [5.74, 6) is -0.293. The molecule has 0 spiro atoms. The number of rotatable bonds is 6. The number of sulfonamides is 1. The second-order valence-electron chi connectivity index (χ2n) is 7.24. The number of carbonyl (C=O) groups excluding carboxylic acids is 1. The van der Waals surface area contributed by atoms with Crippen molar-refractivity contribution in [2.75, 3.05) is 45.3 Å². The van der Waals surface area contributed by atoms with E-state index < -0.39 is 10.0 Å². The topological polar surface area (TPSA) is 78.9 Å². The zero-order chi connectivity index (χ0) is 21.0. The summed E-state index contributed by atoms with van der Waals surface area (Å²) in [6.45, 7) is 3.57. The molecule has 0 unspecified atom stereocenters. The highest BCUT2D eigenvalue weighted by molar-refractivity contribution is 7.89. The Morgan fingerprint density at radius 3 is 2.38 bits per heavy atom. The van der Waals surface area contributed by atoms with E-state index in [9.17, 15) is 13.2 Å². The van der Waals surface area contributed by atoms with E-state index in [2.05, 4.69) is 5.32 Å². The molecule has 0 bridgehead atoms. The van der Waals surface area contributed by atoms with E-state index in [0.29, 0.717) is 38.4 Å². The molecule has 1 heterocycles. The number of benzene rings is 2. The average Bonchev–Trinajstić information content (AvgIpc) is 2.73. The third-order valence-corrected chi connectivity index (χ3v) is 6.86. The fraction of sp³-hybridized carbons (Fsp3) is 0.381. The molecule has 1 N–H and O–H groups in total. The summed E-state index contributed by atoms with van der Waals surface area (Å²) in [7, 11) is 0.293. The van der Waals surface area contributed by atoms with Gasteiger partial charge in [0.15, 0.2) is 0 Å². The standard InChI is InChI=1S/C21H27N3O4S/c1-16-4-9-19(29(26,27)24-10-12-28-13-11-24)14-20(16)21(25)22-15-17-5-7-18(8-6-17)23(2)3/h4-9,14H,10-13,15H2,1-3H3,(H,22,25). The molecule has 1 saturated heterocycles. The fourth-order valence-electron chi connectivity index (χ4n) is 3.13. The van der Waals surface area contributed by atoms with Gasteiger partial charge >= 0.3 is 0 Å². The van der Waals surface area contributed by atoms with Gasteiger partial charge < -0.3 is 15.0 Å². The van der Waals surface area contributed by atoms with E-state index in [1.54, 1.807) is 19.1 Å². The maximum atomic E-state index is 12.9. The fourth-order valence-corrected chi connectivity index (χ4v) is 4.57. The molecule has 1 aliphatic heterocycles. The van der Waals surface area contributed by atoms with Gasteiger partial charge in [-0.3, -0.25) is 4.79 Å². The summed E-state index contributed by atoms with van der Waals surface area (Å²) in [6, 6.07) is 12.6. The van der Waals surface area contributed by atoms with E-state index in [1.807, 2.05) is 43.3 Å². The highest BCUT2D eigenvalue weighted by Crippen LogP contribution is 2.21. The molecule has 0 saturated carbocycles. The van der Waals surface area contributed by atoms with Crippen molar-refractivity contribution in [2.24, 2.45) is 0 Å². The van der Waals surface area contributed by atoms with Crippen LogP contribution in [0, 0.1) is 6.92 Å². The van der Waals surface area contributed by atoms with Crippen molar-refractivity contribution in [3.8, 4) is 0 Å². The van der Waals surface area contributed by atoms with Gasteiger partial charge in [-0.2, -0.15) is 4.31 Å². The molecule has 8 heteroatoms. The van der Waals surface area contributed by atoms with E-state index in [4.69, 9.17) is 4.74 Å². The molecule has 1 aliphatic rings. The van der Waals surface area contributed by atoms with Crippen molar-refractivity contribution in [1.82, 2.24) is 9.62 Å². The van der Waals surface area contributed by atoms with Crippen molar-refractivity contribution in [1.29, 1.82) is 0 Å². The minimum Gasteiger partial charge on any atom is -0.379 e. The quantitative estimate of drug-likeness (QED) is 0.778. The molecular formula is C21H27N3O4S. The third kappa shape index (κ3) is 4.95. The number of ether oxygens (including phenoxy) is 1. The molecule has 29 heavy (non-hydrogen) atoms. The van der Waals surface area contributed by atoms with Gasteiger partial charge in [0.25, 0.3) is 5.91 Å². The van der Waals surface area contributed by atoms with E-state index in [-0.39, 0.29) is 10.8 Å². The van der Waals surface area contributed by atoms with E-state index in [0.717, 1.165) is 16.8 Å². The smallest absolute Gasteiger partial charge is 0.251 e. The molecule has 1 amide bonds. The average molecular weight is 418 g/mol. The predicted molar refractivity (Wildman–Crippen MR) is 113 cm³/mol. The van der Waals surface area contributed by atoms with Gasteiger partial charge in [0.1, 0.15) is 0 Å². The number of nitrogens with zero attached hydrogens (tertiary/aromatic N) is 2. The molecule has 156 valence electrons. The van der Waals surface area contributed by atoms with Gasteiger partial charge in [0.05, 0.1) is 18.1 Å². The lowest BCUT2D eigenvalue weighted by molar-refractivity contribution is 0.0730. The predicted octanol–water partition coefficient (Wildman–Crippen LogP) is 2.01. The Morgan fingerprint density at radius 1 is 1.10 bits per heavy atom. The second kappa shape index (κ2) is 8.94. The second-order valence-corrected chi connectivity index (χ2v) is 9.17. The highest BCUT2D eigenvalue weighted by atomic mass is 32.2. The lowest BCUT2D eigenvalue weighted by atomic mass is 10.1. The van der Waals surface area contributed by atoms with Crippen LogP contribution in [0.15, 0.2) is 47.4 Å². The number of amides is 1. The molecule has 7 nitrogen and oxygen atoms in total. The molecular weight excluding hydrogens is 390 g/mol. The van der Waals surface area contributed by atoms with Gasteiger partial charge in [-0.05, 0) is 42.3 Å². The highest BCUT2D eigenvalue weighted by Gasteiger charge is 2.27. The van der Waals surface area contributed by atoms with Gasteiger partial charge in [-0.15, -0.1) is 0 Å². The van der Waals surface area contributed by atoms with Crippen molar-refractivity contribution < 1.29 is 17.9 Å². The lowest BCUT2D eigenvalue weighted by Gasteiger charge is -2.26. The summed E-state index contributed by atoms with van der Waals surface area (Å²) in [4.78, 5) is 14.9. The maximum absolute atomic E-state index is 12.9. The maximum Gasteiger partial charge on any atom is 0.251 e. The molecule has 0 aliphatic carbocycles. The number of carbonyl (C=O) groups is 1. The summed E-state index contributed by atoms with van der Waals surface area (Å²) >= 11 is 0. The zero-order valence-corrected chi connectivity index (χ0v) is 17.8. The van der Waals surface area contributed by atoms with E-state index in [1.165, 1.54) is 10.4 Å². The van der Waals surface area contributed by atoms with Crippen LogP contribution in [-0.2, 0) is 21.3 Å². The minimum atomic E-state index is -3.65. The molecule has 0 radical (unpaired) electrons. The largest absolute Gasteiger partial charge is 0.379 e. The molecule has 2 aromatic rings. The third-order valence-electron chi connectivity index (χ3n) is 4.97. The van der Waals surface area contributed by atoms with Crippen LogP contribution in [0.3, 0.4) is 0 Å². The van der Waals surface area contributed by atoms with Crippen LogP contribution in [0.5, 0.6) is 0 Å². The first-order valence-corrected chi connectivity index (χ1v) is 11.0. The van der Waals surface area contributed by atoms with Crippen LogP contribution in [0.4, 0.5) is 5.69 Å². The van der Waals surface area contributed by atoms with Crippen LogP contribution < -0.4 is 10.2 Å². The lowest BCUT2D eigenvalue weighted by Crippen LogP contribution is -2.40. The summed E-state index contributed by atoms with van der Waals surface area (Å²) in [5.41, 5.74) is 3.14. The number of morpholine rings is 1. The van der Waals surface area contributed by atoms with Crippen molar-refractivity contribution in [3.63, 3.8) is 0 Å². The molecule has 1 fully saturated rings. The number of nitrogens with one attached hydrogen (secondary N) is 1. The number of anilines is 1. The Morgan fingerprint density at radius 2 is 1.76 bits per heavy atom. The number of hydrogen-bond donors (Lipinski definition) is 1. The molecule has 3 rings (SSSR count). The normalized spacial score (nSPS) is 15.1.